The lowest BCUT2D eigenvalue weighted by Crippen LogP contribution is -2.41. The number of likely N-dealkylation sites (tertiary alicyclic amines) is 1. The normalized spacial score (nSPS) is 20.3. The van der Waals surface area contributed by atoms with Gasteiger partial charge in [0.25, 0.3) is 0 Å². The van der Waals surface area contributed by atoms with E-state index in [0.717, 1.165) is 30.4 Å². The molecule has 0 aliphatic carbocycles. The standard InChI is InChI=1S/C13H19F2N3O2/c1-20-12(19)8-10-4-2-3-6-17(10)9-11-16-5-7-18(11)13(14)15/h5,7,10,13H,2-4,6,8-9H2,1H3. The van der Waals surface area contributed by atoms with Crippen LogP contribution in [0.3, 0.4) is 0 Å². The Kier molecular flexibility index (Phi) is 5.05. The number of carbonyl (C=O) groups is 1. The molecule has 1 aromatic rings. The Morgan fingerprint density at radius 3 is 3.05 bits per heavy atom. The Balaban J connectivity index is 2.04. The predicted octanol–water partition coefficient (Wildman–Crippen LogP) is 2.20. The van der Waals surface area contributed by atoms with Crippen LogP contribution in [-0.4, -0.2) is 40.1 Å². The zero-order valence-electron chi connectivity index (χ0n) is 11.5. The number of alkyl halides is 2. The van der Waals surface area contributed by atoms with Gasteiger partial charge in [-0.3, -0.25) is 14.3 Å². The number of piperidine rings is 1. The molecule has 2 rings (SSSR count). The lowest BCUT2D eigenvalue weighted by molar-refractivity contribution is -0.142. The van der Waals surface area contributed by atoms with E-state index in [0.29, 0.717) is 18.8 Å². The van der Waals surface area contributed by atoms with Gasteiger partial charge in [0.05, 0.1) is 20.1 Å². The van der Waals surface area contributed by atoms with Crippen molar-refractivity contribution in [3.8, 4) is 0 Å². The van der Waals surface area contributed by atoms with Crippen LogP contribution >= 0.6 is 0 Å². The highest BCUT2D eigenvalue weighted by atomic mass is 19.3. The van der Waals surface area contributed by atoms with Gasteiger partial charge in [-0.1, -0.05) is 6.42 Å². The minimum Gasteiger partial charge on any atom is -0.469 e. The minimum absolute atomic E-state index is 0.0408. The summed E-state index contributed by atoms with van der Waals surface area (Å²) >= 11 is 0. The highest BCUT2D eigenvalue weighted by Gasteiger charge is 2.26. The van der Waals surface area contributed by atoms with Gasteiger partial charge in [-0.15, -0.1) is 0 Å². The van der Waals surface area contributed by atoms with Gasteiger partial charge < -0.3 is 4.74 Å². The molecule has 0 saturated carbocycles. The van der Waals surface area contributed by atoms with Crippen LogP contribution in [0.15, 0.2) is 12.4 Å². The van der Waals surface area contributed by atoms with Crippen LogP contribution in [0, 0.1) is 0 Å². The number of nitrogens with zero attached hydrogens (tertiary/aromatic N) is 3. The number of rotatable bonds is 5. The number of methoxy groups -OCH3 is 1. The van der Waals surface area contributed by atoms with Gasteiger partial charge in [0, 0.05) is 18.4 Å². The molecule has 0 bridgehead atoms. The van der Waals surface area contributed by atoms with E-state index < -0.39 is 6.55 Å². The lowest BCUT2D eigenvalue weighted by Gasteiger charge is -2.34. The van der Waals surface area contributed by atoms with E-state index in [1.807, 2.05) is 4.90 Å². The Bertz CT molecular complexity index is 451. The van der Waals surface area contributed by atoms with Crippen LogP contribution in [-0.2, 0) is 16.1 Å². The molecule has 1 atom stereocenters. The van der Waals surface area contributed by atoms with Crippen molar-refractivity contribution in [1.29, 1.82) is 0 Å². The second kappa shape index (κ2) is 6.78. The second-order valence-corrected chi connectivity index (χ2v) is 4.93. The maximum Gasteiger partial charge on any atom is 0.319 e. The van der Waals surface area contributed by atoms with Gasteiger partial charge in [-0.25, -0.2) is 4.98 Å². The van der Waals surface area contributed by atoms with Gasteiger partial charge in [0.1, 0.15) is 5.82 Å². The summed E-state index contributed by atoms with van der Waals surface area (Å²) in [5, 5.41) is 0. The molecular weight excluding hydrogens is 268 g/mol. The fourth-order valence-corrected chi connectivity index (χ4v) is 2.60. The number of ether oxygens (including phenoxy) is 1. The minimum atomic E-state index is -2.59. The largest absolute Gasteiger partial charge is 0.469 e. The van der Waals surface area contributed by atoms with E-state index in [1.54, 1.807) is 0 Å². The molecule has 1 aliphatic rings. The highest BCUT2D eigenvalue weighted by molar-refractivity contribution is 5.69. The average molecular weight is 287 g/mol. The van der Waals surface area contributed by atoms with Crippen molar-refractivity contribution in [1.82, 2.24) is 14.5 Å². The topological polar surface area (TPSA) is 47.4 Å². The van der Waals surface area contributed by atoms with Gasteiger partial charge in [0.15, 0.2) is 0 Å². The van der Waals surface area contributed by atoms with Crippen LogP contribution in [0.4, 0.5) is 8.78 Å². The van der Waals surface area contributed by atoms with Gasteiger partial charge in [-0.2, -0.15) is 8.78 Å². The quantitative estimate of drug-likeness (QED) is 0.779. The van der Waals surface area contributed by atoms with Crippen molar-refractivity contribution in [3.63, 3.8) is 0 Å². The predicted molar refractivity (Wildman–Crippen MR) is 68.2 cm³/mol. The van der Waals surface area contributed by atoms with Crippen molar-refractivity contribution in [2.24, 2.45) is 0 Å². The van der Waals surface area contributed by atoms with E-state index in [2.05, 4.69) is 4.98 Å². The monoisotopic (exact) mass is 287 g/mol. The third-order valence-electron chi connectivity index (χ3n) is 3.68. The number of esters is 1. The zero-order valence-corrected chi connectivity index (χ0v) is 11.5. The SMILES string of the molecule is COC(=O)CC1CCCCN1Cc1nccn1C(F)F. The summed E-state index contributed by atoms with van der Waals surface area (Å²) in [5.41, 5.74) is 0. The summed E-state index contributed by atoms with van der Waals surface area (Å²) in [5.74, 6) is 0.0656. The molecule has 5 nitrogen and oxygen atoms in total. The molecule has 112 valence electrons. The van der Waals surface area contributed by atoms with Gasteiger partial charge in [-0.05, 0) is 19.4 Å². The fourth-order valence-electron chi connectivity index (χ4n) is 2.60. The average Bonchev–Trinajstić information content (AvgIpc) is 2.89. The Labute approximate surface area is 116 Å². The number of aromatic nitrogens is 2. The molecule has 0 spiro atoms. The highest BCUT2D eigenvalue weighted by Crippen LogP contribution is 2.23. The van der Waals surface area contributed by atoms with E-state index >= 15 is 0 Å². The smallest absolute Gasteiger partial charge is 0.319 e. The van der Waals surface area contributed by atoms with Crippen molar-refractivity contribution >= 4 is 5.97 Å². The van der Waals surface area contributed by atoms with E-state index in [1.165, 1.54) is 19.5 Å². The molecule has 1 fully saturated rings. The fraction of sp³-hybridized carbons (Fsp3) is 0.692. The molecule has 0 aromatic carbocycles. The second-order valence-electron chi connectivity index (χ2n) is 4.93. The number of imidazole rings is 1. The zero-order chi connectivity index (χ0) is 14.5. The molecule has 1 aliphatic heterocycles. The summed E-state index contributed by atoms with van der Waals surface area (Å²) in [4.78, 5) is 17.4. The van der Waals surface area contributed by atoms with Crippen molar-refractivity contribution in [2.75, 3.05) is 13.7 Å². The van der Waals surface area contributed by atoms with Gasteiger partial charge >= 0.3 is 12.5 Å². The third kappa shape index (κ3) is 3.53. The van der Waals surface area contributed by atoms with Crippen LogP contribution < -0.4 is 0 Å². The van der Waals surface area contributed by atoms with Crippen LogP contribution in [0.25, 0.3) is 0 Å². The van der Waals surface area contributed by atoms with E-state index in [4.69, 9.17) is 4.74 Å². The molecule has 2 heterocycles. The molecular formula is C13H19F2N3O2. The van der Waals surface area contributed by atoms with Crippen molar-refractivity contribution < 1.29 is 18.3 Å². The van der Waals surface area contributed by atoms with Crippen molar-refractivity contribution in [2.45, 2.75) is 44.8 Å². The first kappa shape index (κ1) is 14.9. The molecule has 7 heteroatoms. The maximum atomic E-state index is 12.8. The first-order valence-electron chi connectivity index (χ1n) is 6.72. The molecule has 0 radical (unpaired) electrons. The first-order valence-corrected chi connectivity index (χ1v) is 6.72. The molecule has 1 aromatic heterocycles. The maximum absolute atomic E-state index is 12.8. The third-order valence-corrected chi connectivity index (χ3v) is 3.68. The van der Waals surface area contributed by atoms with Gasteiger partial charge in [0.2, 0.25) is 0 Å². The Morgan fingerprint density at radius 1 is 1.55 bits per heavy atom. The van der Waals surface area contributed by atoms with Crippen LogP contribution in [0.2, 0.25) is 0 Å². The number of halogens is 2. The summed E-state index contributed by atoms with van der Waals surface area (Å²) in [6, 6.07) is 0.0408. The molecule has 0 N–H and O–H groups in total. The summed E-state index contributed by atoms with van der Waals surface area (Å²) in [6.07, 6.45) is 5.88. The molecule has 1 unspecified atom stereocenters. The number of carbonyl (C=O) groups excluding carboxylic acids is 1. The van der Waals surface area contributed by atoms with Crippen LogP contribution in [0.5, 0.6) is 0 Å². The van der Waals surface area contributed by atoms with Crippen molar-refractivity contribution in [3.05, 3.63) is 18.2 Å². The Hall–Kier alpha value is -1.50. The van der Waals surface area contributed by atoms with E-state index in [-0.39, 0.29) is 12.0 Å². The first-order chi connectivity index (χ1) is 9.61. The van der Waals surface area contributed by atoms with Crippen LogP contribution in [0.1, 0.15) is 38.1 Å². The summed E-state index contributed by atoms with van der Waals surface area (Å²) in [7, 11) is 1.36. The Morgan fingerprint density at radius 2 is 2.35 bits per heavy atom. The lowest BCUT2D eigenvalue weighted by atomic mass is 9.99. The summed E-state index contributed by atoms with van der Waals surface area (Å²) < 4.78 is 31.2. The number of hydrogen-bond acceptors (Lipinski definition) is 4. The summed E-state index contributed by atoms with van der Waals surface area (Å²) in [6.45, 7) is -1.46. The molecule has 0 amide bonds. The molecule has 1 saturated heterocycles. The molecule has 20 heavy (non-hydrogen) atoms. The van der Waals surface area contributed by atoms with E-state index in [9.17, 15) is 13.6 Å². The number of hydrogen-bond donors (Lipinski definition) is 0.